The first-order chi connectivity index (χ1) is 7.24. The molecule has 0 aliphatic carbocycles. The van der Waals surface area contributed by atoms with Crippen LogP contribution < -0.4 is 4.90 Å². The number of rotatable bonds is 7. The molecule has 6 heteroatoms. The molecule has 0 aromatic carbocycles. The van der Waals surface area contributed by atoms with Gasteiger partial charge in [-0.2, -0.15) is 0 Å². The smallest absolute Gasteiger partial charge is 0.208 e. The van der Waals surface area contributed by atoms with E-state index in [1.165, 1.54) is 19.3 Å². The molecule has 0 radical (unpaired) electrons. The molecule has 0 fully saturated rings. The van der Waals surface area contributed by atoms with Gasteiger partial charge < -0.3 is 4.90 Å². The summed E-state index contributed by atoms with van der Waals surface area (Å²) in [6.45, 7) is 0. The van der Waals surface area contributed by atoms with Crippen molar-refractivity contribution in [2.24, 2.45) is 0 Å². The minimum Gasteiger partial charge on any atom is -0.353 e. The fraction of sp³-hybridized carbons (Fsp3) is 0.778. The molecular formula is C9H16BrN3S2. The summed E-state index contributed by atoms with van der Waals surface area (Å²) in [6, 6.07) is 0. The van der Waals surface area contributed by atoms with Gasteiger partial charge >= 0.3 is 0 Å². The van der Waals surface area contributed by atoms with Crippen molar-refractivity contribution in [3.8, 4) is 0 Å². The van der Waals surface area contributed by atoms with Crippen LogP contribution in [0, 0.1) is 0 Å². The second kappa shape index (κ2) is 7.46. The van der Waals surface area contributed by atoms with Crippen molar-refractivity contribution in [2.45, 2.75) is 23.6 Å². The molecule has 15 heavy (non-hydrogen) atoms. The SMILES string of the molecule is CN(C)c1nnc(SCCCCCBr)s1. The Morgan fingerprint density at radius 3 is 2.67 bits per heavy atom. The van der Waals surface area contributed by atoms with Crippen LogP contribution in [0.2, 0.25) is 0 Å². The number of unbranched alkanes of at least 4 members (excludes halogenated alkanes) is 2. The zero-order valence-electron chi connectivity index (χ0n) is 9.07. The number of nitrogens with zero attached hydrogens (tertiary/aromatic N) is 3. The summed E-state index contributed by atoms with van der Waals surface area (Å²) in [7, 11) is 3.98. The third-order valence-electron chi connectivity index (χ3n) is 1.78. The molecule has 0 amide bonds. The highest BCUT2D eigenvalue weighted by atomic mass is 79.9. The molecule has 0 aliphatic rings. The van der Waals surface area contributed by atoms with Gasteiger partial charge in [0.15, 0.2) is 4.34 Å². The van der Waals surface area contributed by atoms with Crippen molar-refractivity contribution in [1.82, 2.24) is 10.2 Å². The van der Waals surface area contributed by atoms with Crippen LogP contribution in [0.1, 0.15) is 19.3 Å². The molecule has 1 aromatic rings. The van der Waals surface area contributed by atoms with E-state index in [2.05, 4.69) is 26.1 Å². The first kappa shape index (κ1) is 13.3. The van der Waals surface area contributed by atoms with Gasteiger partial charge in [0, 0.05) is 25.2 Å². The molecular weight excluding hydrogens is 294 g/mol. The normalized spacial score (nSPS) is 10.6. The highest BCUT2D eigenvalue weighted by Crippen LogP contribution is 2.27. The van der Waals surface area contributed by atoms with Crippen molar-refractivity contribution in [1.29, 1.82) is 0 Å². The second-order valence-corrected chi connectivity index (χ2v) is 6.43. The van der Waals surface area contributed by atoms with Crippen molar-refractivity contribution < 1.29 is 0 Å². The van der Waals surface area contributed by atoms with Crippen LogP contribution in [0.3, 0.4) is 0 Å². The summed E-state index contributed by atoms with van der Waals surface area (Å²) in [5.41, 5.74) is 0. The summed E-state index contributed by atoms with van der Waals surface area (Å²) < 4.78 is 1.08. The monoisotopic (exact) mass is 309 g/mol. The molecule has 3 nitrogen and oxygen atoms in total. The van der Waals surface area contributed by atoms with Crippen LogP contribution in [0.15, 0.2) is 4.34 Å². The van der Waals surface area contributed by atoms with Gasteiger partial charge in [0.2, 0.25) is 5.13 Å². The maximum atomic E-state index is 4.14. The standard InChI is InChI=1S/C9H16BrN3S2/c1-13(2)8-11-12-9(15-8)14-7-5-3-4-6-10/h3-7H2,1-2H3. The Morgan fingerprint density at radius 2 is 2.07 bits per heavy atom. The Bertz CT molecular complexity index is 278. The summed E-state index contributed by atoms with van der Waals surface area (Å²) in [6.07, 6.45) is 3.81. The van der Waals surface area contributed by atoms with Gasteiger partial charge in [-0.25, -0.2) is 0 Å². The van der Waals surface area contributed by atoms with E-state index < -0.39 is 0 Å². The van der Waals surface area contributed by atoms with Gasteiger partial charge in [0.25, 0.3) is 0 Å². The largest absolute Gasteiger partial charge is 0.353 e. The summed E-state index contributed by atoms with van der Waals surface area (Å²) in [4.78, 5) is 1.99. The first-order valence-corrected chi connectivity index (χ1v) is 7.86. The van der Waals surface area contributed by atoms with Crippen LogP contribution >= 0.6 is 39.0 Å². The van der Waals surface area contributed by atoms with Crippen LogP contribution in [0.25, 0.3) is 0 Å². The van der Waals surface area contributed by atoms with Gasteiger partial charge in [0.1, 0.15) is 0 Å². The Morgan fingerprint density at radius 1 is 1.27 bits per heavy atom. The average Bonchev–Trinajstić information content (AvgIpc) is 2.66. The van der Waals surface area contributed by atoms with Crippen molar-refractivity contribution in [3.05, 3.63) is 0 Å². The predicted octanol–water partition coefficient (Wildman–Crippen LogP) is 3.26. The van der Waals surface area contributed by atoms with Crippen LogP contribution in [0.4, 0.5) is 5.13 Å². The van der Waals surface area contributed by atoms with E-state index in [1.54, 1.807) is 11.3 Å². The fourth-order valence-corrected chi connectivity index (χ4v) is 3.20. The van der Waals surface area contributed by atoms with Gasteiger partial charge in [-0.15, -0.1) is 10.2 Å². The molecule has 1 rings (SSSR count). The molecule has 0 spiro atoms. The minimum atomic E-state index is 0.984. The number of hydrogen-bond donors (Lipinski definition) is 0. The quantitative estimate of drug-likeness (QED) is 0.439. The van der Waals surface area contributed by atoms with Crippen molar-refractivity contribution in [3.63, 3.8) is 0 Å². The van der Waals surface area contributed by atoms with E-state index in [0.717, 1.165) is 20.6 Å². The molecule has 0 aliphatic heterocycles. The lowest BCUT2D eigenvalue weighted by Gasteiger charge is -2.03. The first-order valence-electron chi connectivity index (χ1n) is 4.93. The zero-order valence-corrected chi connectivity index (χ0v) is 12.3. The van der Waals surface area contributed by atoms with Gasteiger partial charge in [-0.1, -0.05) is 45.4 Å². The third-order valence-corrected chi connectivity index (χ3v) is 4.65. The fourth-order valence-electron chi connectivity index (χ4n) is 0.974. The number of halogens is 1. The van der Waals surface area contributed by atoms with E-state index in [-0.39, 0.29) is 0 Å². The zero-order chi connectivity index (χ0) is 11.1. The predicted molar refractivity (Wildman–Crippen MR) is 72.6 cm³/mol. The molecule has 0 atom stereocenters. The highest BCUT2D eigenvalue weighted by Gasteiger charge is 2.05. The summed E-state index contributed by atoms with van der Waals surface area (Å²) in [5.74, 6) is 1.15. The molecule has 0 N–H and O–H groups in total. The maximum Gasteiger partial charge on any atom is 0.208 e. The molecule has 1 aromatic heterocycles. The Balaban J connectivity index is 2.20. The molecule has 0 saturated carbocycles. The lowest BCUT2D eigenvalue weighted by atomic mass is 10.3. The Kier molecular flexibility index (Phi) is 6.59. The van der Waals surface area contributed by atoms with Crippen molar-refractivity contribution in [2.75, 3.05) is 30.1 Å². The number of hydrogen-bond acceptors (Lipinski definition) is 5. The van der Waals surface area contributed by atoms with E-state index >= 15 is 0 Å². The molecule has 86 valence electrons. The molecule has 1 heterocycles. The molecule has 0 unspecified atom stereocenters. The van der Waals surface area contributed by atoms with Crippen LogP contribution in [0.5, 0.6) is 0 Å². The maximum absolute atomic E-state index is 4.14. The minimum absolute atomic E-state index is 0.984. The number of aromatic nitrogens is 2. The lowest BCUT2D eigenvalue weighted by Crippen LogP contribution is -2.07. The highest BCUT2D eigenvalue weighted by molar-refractivity contribution is 9.09. The van der Waals surface area contributed by atoms with Gasteiger partial charge in [-0.05, 0) is 12.8 Å². The van der Waals surface area contributed by atoms with E-state index in [9.17, 15) is 0 Å². The van der Waals surface area contributed by atoms with E-state index in [1.807, 2.05) is 30.8 Å². The van der Waals surface area contributed by atoms with E-state index in [4.69, 9.17) is 0 Å². The summed E-state index contributed by atoms with van der Waals surface area (Å²) >= 11 is 6.91. The number of alkyl halides is 1. The van der Waals surface area contributed by atoms with Crippen LogP contribution in [-0.2, 0) is 0 Å². The molecule has 0 saturated heterocycles. The Hall–Kier alpha value is 0.190. The third kappa shape index (κ3) is 5.17. The van der Waals surface area contributed by atoms with Gasteiger partial charge in [0.05, 0.1) is 0 Å². The number of anilines is 1. The topological polar surface area (TPSA) is 29.0 Å². The summed E-state index contributed by atoms with van der Waals surface area (Å²) in [5, 5.41) is 10.3. The number of thioether (sulfide) groups is 1. The second-order valence-electron chi connectivity index (χ2n) is 3.34. The molecule has 0 bridgehead atoms. The van der Waals surface area contributed by atoms with Crippen LogP contribution in [-0.4, -0.2) is 35.4 Å². The van der Waals surface area contributed by atoms with Gasteiger partial charge in [-0.3, -0.25) is 0 Å². The lowest BCUT2D eigenvalue weighted by molar-refractivity contribution is 0.788. The van der Waals surface area contributed by atoms with E-state index in [0.29, 0.717) is 0 Å². The Labute approximate surface area is 108 Å². The van der Waals surface area contributed by atoms with Crippen molar-refractivity contribution >= 4 is 44.2 Å². The average molecular weight is 310 g/mol.